The Kier molecular flexibility index (Phi) is 9.65. The van der Waals surface area contributed by atoms with Crippen molar-refractivity contribution >= 4 is 23.4 Å². The molecule has 5 rings (SSSR count). The van der Waals surface area contributed by atoms with Crippen LogP contribution in [0.25, 0.3) is 6.08 Å². The average molecular weight is 613 g/mol. The van der Waals surface area contributed by atoms with Gasteiger partial charge in [0.1, 0.15) is 12.4 Å². The van der Waals surface area contributed by atoms with Gasteiger partial charge in [-0.25, -0.2) is 9.79 Å². The molecule has 44 heavy (non-hydrogen) atoms. The van der Waals surface area contributed by atoms with E-state index >= 15 is 0 Å². The minimum Gasteiger partial charge on any atom is -0.491 e. The van der Waals surface area contributed by atoms with Crippen molar-refractivity contribution in [3.63, 3.8) is 0 Å². The Hall–Kier alpha value is -4.63. The van der Waals surface area contributed by atoms with Crippen molar-refractivity contribution in [2.75, 3.05) is 13.2 Å². The average Bonchev–Trinajstić information content (AvgIpc) is 3.30. The number of ether oxygens (including phenoxy) is 4. The largest absolute Gasteiger partial charge is 0.491 e. The number of hydrogen-bond acceptors (Lipinski definition) is 8. The van der Waals surface area contributed by atoms with Crippen LogP contribution in [-0.2, 0) is 16.1 Å². The van der Waals surface area contributed by atoms with Gasteiger partial charge < -0.3 is 18.9 Å². The van der Waals surface area contributed by atoms with Gasteiger partial charge in [0.25, 0.3) is 5.56 Å². The normalized spacial score (nSPS) is 14.7. The SMILES string of the molecule is CCOC(=O)C1=C(C)N=c2s/c(=C\c3ccc(OCc4ccccc4)c(OCC)c3)c(=O)n2[C@H]1c1ccc(OC(C)C)cc1. The minimum atomic E-state index is -0.701. The van der Waals surface area contributed by atoms with E-state index in [0.29, 0.717) is 51.1 Å². The van der Waals surface area contributed by atoms with E-state index in [4.69, 9.17) is 18.9 Å². The summed E-state index contributed by atoms with van der Waals surface area (Å²) >= 11 is 1.27. The fourth-order valence-electron chi connectivity index (χ4n) is 5.00. The molecule has 0 bridgehead atoms. The molecule has 0 amide bonds. The number of benzene rings is 3. The summed E-state index contributed by atoms with van der Waals surface area (Å²) in [5, 5.41) is 0. The fraction of sp³-hybridized carbons (Fsp3) is 0.286. The van der Waals surface area contributed by atoms with Gasteiger partial charge in [-0.15, -0.1) is 0 Å². The third-order valence-electron chi connectivity index (χ3n) is 6.89. The molecule has 0 N–H and O–H groups in total. The van der Waals surface area contributed by atoms with E-state index in [1.807, 2.05) is 99.6 Å². The molecule has 0 radical (unpaired) electrons. The topological polar surface area (TPSA) is 88.4 Å². The van der Waals surface area contributed by atoms with Gasteiger partial charge >= 0.3 is 5.97 Å². The van der Waals surface area contributed by atoms with Crippen LogP contribution < -0.4 is 29.1 Å². The van der Waals surface area contributed by atoms with E-state index in [1.165, 1.54) is 11.3 Å². The lowest BCUT2D eigenvalue weighted by atomic mass is 9.96. The van der Waals surface area contributed by atoms with Gasteiger partial charge in [-0.3, -0.25) is 9.36 Å². The number of esters is 1. The third kappa shape index (κ3) is 6.78. The number of fused-ring (bicyclic) bond motifs is 1. The number of rotatable bonds is 11. The quantitative estimate of drug-likeness (QED) is 0.206. The van der Waals surface area contributed by atoms with Crippen molar-refractivity contribution < 1.29 is 23.7 Å². The van der Waals surface area contributed by atoms with E-state index in [9.17, 15) is 9.59 Å². The Morgan fingerprint density at radius 3 is 2.41 bits per heavy atom. The Morgan fingerprint density at radius 2 is 1.73 bits per heavy atom. The fourth-order valence-corrected chi connectivity index (χ4v) is 6.04. The summed E-state index contributed by atoms with van der Waals surface area (Å²) in [4.78, 5) is 32.4. The van der Waals surface area contributed by atoms with Crippen LogP contribution in [0.4, 0.5) is 0 Å². The Morgan fingerprint density at radius 1 is 0.977 bits per heavy atom. The molecule has 1 aromatic heterocycles. The molecular formula is C35H36N2O6S. The van der Waals surface area contributed by atoms with Crippen molar-refractivity contribution in [1.82, 2.24) is 4.57 Å². The lowest BCUT2D eigenvalue weighted by Crippen LogP contribution is -2.39. The molecule has 0 saturated heterocycles. The molecule has 3 aromatic carbocycles. The van der Waals surface area contributed by atoms with Gasteiger partial charge in [-0.05, 0) is 81.7 Å². The van der Waals surface area contributed by atoms with E-state index in [0.717, 1.165) is 16.7 Å². The molecule has 1 aliphatic heterocycles. The number of carbonyl (C=O) groups excluding carboxylic acids is 1. The smallest absolute Gasteiger partial charge is 0.338 e. The van der Waals surface area contributed by atoms with Gasteiger partial charge in [0.15, 0.2) is 16.3 Å². The first-order valence-corrected chi connectivity index (χ1v) is 15.5. The number of allylic oxidation sites excluding steroid dienone is 1. The highest BCUT2D eigenvalue weighted by molar-refractivity contribution is 7.07. The Bertz CT molecular complexity index is 1840. The molecule has 1 aliphatic rings. The molecule has 4 aromatic rings. The van der Waals surface area contributed by atoms with E-state index in [2.05, 4.69) is 4.99 Å². The summed E-state index contributed by atoms with van der Waals surface area (Å²) in [6.45, 7) is 10.4. The summed E-state index contributed by atoms with van der Waals surface area (Å²) in [7, 11) is 0. The molecule has 1 atom stereocenters. The van der Waals surface area contributed by atoms with Crippen molar-refractivity contribution in [2.24, 2.45) is 4.99 Å². The first-order valence-electron chi connectivity index (χ1n) is 14.7. The maximum atomic E-state index is 14.0. The highest BCUT2D eigenvalue weighted by atomic mass is 32.1. The van der Waals surface area contributed by atoms with Crippen LogP contribution in [0.1, 0.15) is 57.4 Å². The standard InChI is InChI=1S/C35H36N2O6S/c1-6-40-29-19-25(13-18-28(29)42-21-24-11-9-8-10-12-24)20-30-33(38)37-32(26-14-16-27(17-15-26)43-22(3)4)31(34(39)41-7-2)23(5)36-35(37)44-30/h8-20,22,32H,6-7,21H2,1-5H3/b30-20-/t32-/m0/s1. The van der Waals surface area contributed by atoms with Crippen molar-refractivity contribution in [2.45, 2.75) is 53.4 Å². The number of hydrogen-bond donors (Lipinski definition) is 0. The Balaban J connectivity index is 1.55. The van der Waals surface area contributed by atoms with Crippen molar-refractivity contribution in [1.29, 1.82) is 0 Å². The van der Waals surface area contributed by atoms with Crippen LogP contribution in [0.5, 0.6) is 17.2 Å². The monoisotopic (exact) mass is 612 g/mol. The molecule has 0 spiro atoms. The second kappa shape index (κ2) is 13.8. The first kappa shape index (κ1) is 30.8. The zero-order chi connectivity index (χ0) is 31.2. The van der Waals surface area contributed by atoms with Gasteiger partial charge in [-0.1, -0.05) is 59.9 Å². The first-order chi connectivity index (χ1) is 21.3. The number of thiazole rings is 1. The van der Waals surface area contributed by atoms with Crippen molar-refractivity contribution in [3.8, 4) is 17.2 Å². The lowest BCUT2D eigenvalue weighted by Gasteiger charge is -2.25. The number of nitrogens with zero attached hydrogens (tertiary/aromatic N) is 2. The second-order valence-corrected chi connectivity index (χ2v) is 11.5. The van der Waals surface area contributed by atoms with Gasteiger partial charge in [0.05, 0.1) is 41.2 Å². The molecule has 0 unspecified atom stereocenters. The third-order valence-corrected chi connectivity index (χ3v) is 7.87. The van der Waals surface area contributed by atoms with Crippen LogP contribution in [0.2, 0.25) is 0 Å². The Labute approximate surface area is 260 Å². The highest BCUT2D eigenvalue weighted by Gasteiger charge is 2.33. The molecule has 0 fully saturated rings. The van der Waals surface area contributed by atoms with Crippen LogP contribution >= 0.6 is 11.3 Å². The molecule has 228 valence electrons. The molecule has 0 aliphatic carbocycles. The van der Waals surface area contributed by atoms with Crippen LogP contribution in [0.15, 0.2) is 93.9 Å². The molecule has 0 saturated carbocycles. The highest BCUT2D eigenvalue weighted by Crippen LogP contribution is 2.32. The molecule has 8 nitrogen and oxygen atoms in total. The zero-order valence-corrected chi connectivity index (χ0v) is 26.4. The number of carbonyl (C=O) groups is 1. The maximum Gasteiger partial charge on any atom is 0.338 e. The summed E-state index contributed by atoms with van der Waals surface area (Å²) in [5.41, 5.74) is 3.18. The minimum absolute atomic E-state index is 0.0171. The van der Waals surface area contributed by atoms with Crippen molar-refractivity contribution in [3.05, 3.63) is 120 Å². The zero-order valence-electron chi connectivity index (χ0n) is 25.5. The van der Waals surface area contributed by atoms with E-state index < -0.39 is 12.0 Å². The second-order valence-electron chi connectivity index (χ2n) is 10.5. The maximum absolute atomic E-state index is 14.0. The molecule has 9 heteroatoms. The van der Waals surface area contributed by atoms with Gasteiger partial charge in [0.2, 0.25) is 0 Å². The summed E-state index contributed by atoms with van der Waals surface area (Å²) < 4.78 is 25.2. The van der Waals surface area contributed by atoms with Crippen LogP contribution in [0, 0.1) is 0 Å². The van der Waals surface area contributed by atoms with E-state index in [1.54, 1.807) is 18.4 Å². The summed E-state index contributed by atoms with van der Waals surface area (Å²) in [6, 6.07) is 22.3. The lowest BCUT2D eigenvalue weighted by molar-refractivity contribution is -0.139. The van der Waals surface area contributed by atoms with Crippen LogP contribution in [-0.4, -0.2) is 29.9 Å². The van der Waals surface area contributed by atoms with Gasteiger partial charge in [-0.2, -0.15) is 0 Å². The predicted octanol–water partition coefficient (Wildman–Crippen LogP) is 5.56. The van der Waals surface area contributed by atoms with E-state index in [-0.39, 0.29) is 18.3 Å². The van der Waals surface area contributed by atoms with Crippen LogP contribution in [0.3, 0.4) is 0 Å². The summed E-state index contributed by atoms with van der Waals surface area (Å²) in [5.74, 6) is 1.42. The molecule has 2 heterocycles. The predicted molar refractivity (Wildman–Crippen MR) is 171 cm³/mol. The summed E-state index contributed by atoms with van der Waals surface area (Å²) in [6.07, 6.45) is 1.83. The molecular weight excluding hydrogens is 576 g/mol. The number of aromatic nitrogens is 1. The van der Waals surface area contributed by atoms with Gasteiger partial charge in [0, 0.05) is 0 Å².